The molecule has 2 aromatic rings. The second kappa shape index (κ2) is 11.9. The standard InChI is InChI=1S/C22HB17ClF2N3O4/c23-5-2(13(30)43(38)15(47)18(41,42)4-8(26)10(28)12(40)11(29)9(4)27)7(25)6(24)1-3(5)21(34,35)45(14(1)46)20(33)17(49)44(39)16(48)19(31,32)22(20,36)37/h13H. The van der Waals surface area contributed by atoms with Crippen LogP contribution >= 0.6 is 11.6 Å². The number of nitrogens with zero attached hydrogens (tertiary/aromatic N) is 3. The van der Waals surface area contributed by atoms with Crippen molar-refractivity contribution in [1.29, 1.82) is 0 Å². The predicted molar refractivity (Wildman–Crippen MR) is 194 cm³/mol. The number of hydrogen-bond acceptors (Lipinski definition) is 4. The van der Waals surface area contributed by atoms with Crippen LogP contribution in [0.2, 0.25) is 15.5 Å². The molecule has 0 N–H and O–H groups in total. The molecule has 2 aliphatic heterocycles. The zero-order chi connectivity index (χ0) is 38.0. The van der Waals surface area contributed by atoms with Crippen LogP contribution in [-0.4, -0.2) is 177 Å². The van der Waals surface area contributed by atoms with Crippen LogP contribution in [0.15, 0.2) is 0 Å². The van der Waals surface area contributed by atoms with Crippen LogP contribution in [0.25, 0.3) is 0 Å². The molecular weight excluding hydrogens is 628 g/mol. The molecule has 2 aromatic carbocycles. The fourth-order valence-corrected chi connectivity index (χ4v) is 5.93. The van der Waals surface area contributed by atoms with Crippen molar-refractivity contribution in [2.45, 2.75) is 33.1 Å². The fourth-order valence-electron chi connectivity index (χ4n) is 5.72. The first-order chi connectivity index (χ1) is 22.0. The topological polar surface area (TPSA) is 78.0 Å². The van der Waals surface area contributed by atoms with Crippen LogP contribution in [0.5, 0.6) is 0 Å². The number of carbonyl (C=O) groups excluding carboxylic acids is 4. The lowest BCUT2D eigenvalue weighted by atomic mass is 9.20. The molecule has 34 radical (unpaired) electrons. The van der Waals surface area contributed by atoms with E-state index in [4.69, 9.17) is 145 Å². The number of imide groups is 1. The molecule has 27 heteroatoms. The number of piperidine rings is 1. The molecule has 2 atom stereocenters. The maximum atomic E-state index is 15.7. The number of carbonyl (C=O) groups is 4. The zero-order valence-corrected chi connectivity index (χ0v) is 25.8. The van der Waals surface area contributed by atoms with Crippen LogP contribution in [-0.2, 0) is 25.6 Å². The molecule has 0 saturated carbocycles. The first-order valence-electron chi connectivity index (χ1n) is 13.2. The van der Waals surface area contributed by atoms with Crippen molar-refractivity contribution >= 4 is 207 Å². The van der Waals surface area contributed by atoms with Gasteiger partial charge in [-0.15, -0.1) is 0 Å². The summed E-state index contributed by atoms with van der Waals surface area (Å²) >= 11 is 5.87. The summed E-state index contributed by atoms with van der Waals surface area (Å²) in [5.74, 6) is -13.9. The van der Waals surface area contributed by atoms with Crippen molar-refractivity contribution in [3.8, 4) is 0 Å². The number of halogens is 3. The minimum Gasteiger partial charge on any atom is -0.393 e. The Morgan fingerprint density at radius 3 is 1.71 bits per heavy atom. The van der Waals surface area contributed by atoms with Crippen molar-refractivity contribution in [2.75, 3.05) is 0 Å². The van der Waals surface area contributed by atoms with Crippen molar-refractivity contribution < 1.29 is 28.0 Å². The quantitative estimate of drug-likeness (QED) is 0.244. The van der Waals surface area contributed by atoms with Gasteiger partial charge < -0.3 is 14.5 Å². The Morgan fingerprint density at radius 1 is 0.776 bits per heavy atom. The Morgan fingerprint density at radius 2 is 1.24 bits per heavy atom. The molecule has 0 spiro atoms. The van der Waals surface area contributed by atoms with Crippen molar-refractivity contribution in [1.82, 2.24) is 14.5 Å². The highest BCUT2D eigenvalue weighted by Crippen LogP contribution is 2.58. The molecule has 4 amide bonds. The highest BCUT2D eigenvalue weighted by Gasteiger charge is 2.67. The van der Waals surface area contributed by atoms with E-state index >= 15 is 8.78 Å². The Bertz CT molecular complexity index is 1870. The molecule has 200 valence electrons. The van der Waals surface area contributed by atoms with E-state index in [0.29, 0.717) is 0 Å². The highest BCUT2D eigenvalue weighted by molar-refractivity contribution is 6.69. The average molecular weight is 629 g/mol. The minimum absolute atomic E-state index is 0.135. The lowest BCUT2D eigenvalue weighted by Crippen LogP contribution is -2.78. The third kappa shape index (κ3) is 4.90. The van der Waals surface area contributed by atoms with Gasteiger partial charge in [0.2, 0.25) is 27.8 Å². The summed E-state index contributed by atoms with van der Waals surface area (Å²) in [5, 5.41) is -9.44. The Hall–Kier alpha value is -2.23. The molecule has 1 saturated heterocycles. The van der Waals surface area contributed by atoms with Crippen LogP contribution in [0.3, 0.4) is 0 Å². The van der Waals surface area contributed by atoms with E-state index in [-0.39, 0.29) is 14.5 Å². The molecule has 2 unspecified atom stereocenters. The zero-order valence-electron chi connectivity index (χ0n) is 25.0. The van der Waals surface area contributed by atoms with Gasteiger partial charge in [0.05, 0.1) is 52.5 Å². The molecule has 0 aliphatic carbocycles. The summed E-state index contributed by atoms with van der Waals surface area (Å²) in [5.41, 5.74) is -12.1. The van der Waals surface area contributed by atoms with Gasteiger partial charge in [0.15, 0.2) is 0 Å². The summed E-state index contributed by atoms with van der Waals surface area (Å²) in [6.07, 6.45) is 0. The van der Waals surface area contributed by atoms with Gasteiger partial charge in [-0.1, -0.05) is 60.6 Å². The van der Waals surface area contributed by atoms with E-state index < -0.39 is 122 Å². The summed E-state index contributed by atoms with van der Waals surface area (Å²) < 4.78 is 31.5. The fraction of sp³-hybridized carbons (Fsp3) is 0.273. The maximum absolute atomic E-state index is 15.7. The molecule has 7 nitrogen and oxygen atoms in total. The van der Waals surface area contributed by atoms with Gasteiger partial charge in [0, 0.05) is 22.1 Å². The first kappa shape index (κ1) is 39.6. The van der Waals surface area contributed by atoms with E-state index in [1.54, 1.807) is 0 Å². The van der Waals surface area contributed by atoms with Gasteiger partial charge in [-0.25, -0.2) is 0 Å². The third-order valence-corrected chi connectivity index (χ3v) is 9.04. The first-order valence-corrected chi connectivity index (χ1v) is 13.5. The number of rotatable bonds is 5. The molecule has 0 bridgehead atoms. The Labute approximate surface area is 308 Å². The summed E-state index contributed by atoms with van der Waals surface area (Å²) in [6.45, 7) is 0. The van der Waals surface area contributed by atoms with E-state index in [1.165, 1.54) is 0 Å². The molecule has 2 heterocycles. The van der Waals surface area contributed by atoms with E-state index in [1.807, 2.05) is 0 Å². The van der Waals surface area contributed by atoms with Gasteiger partial charge in [0.1, 0.15) is 70.6 Å². The number of alkyl halides is 2. The van der Waals surface area contributed by atoms with Crippen LogP contribution in [0, 0.1) is 0 Å². The highest BCUT2D eigenvalue weighted by atomic mass is 35.5. The molecule has 4 rings (SSSR count). The molecule has 0 aromatic heterocycles. The molecule has 49 heavy (non-hydrogen) atoms. The molecular formula is C22HB17ClF2N3O4. The number of benzene rings is 2. The largest absolute Gasteiger partial charge is 0.393 e. The van der Waals surface area contributed by atoms with Crippen LogP contribution in [0.1, 0.15) is 33.0 Å². The summed E-state index contributed by atoms with van der Waals surface area (Å²) in [6, 6.07) is 0. The number of hydrogen-bond donors (Lipinski definition) is 0. The van der Waals surface area contributed by atoms with Gasteiger partial charge >= 0.3 is 5.92 Å². The second-order valence-electron chi connectivity index (χ2n) is 11.4. The average Bonchev–Trinajstić information content (AvgIpc) is 3.23. The number of fused-ring (bicyclic) bond motifs is 1. The Balaban J connectivity index is 1.90. The summed E-state index contributed by atoms with van der Waals surface area (Å²) in [4.78, 5) is 52.9. The van der Waals surface area contributed by atoms with Gasteiger partial charge in [0.25, 0.3) is 11.8 Å². The van der Waals surface area contributed by atoms with E-state index in [0.717, 1.165) is 0 Å². The van der Waals surface area contributed by atoms with Gasteiger partial charge in [-0.05, 0) is 16.1 Å². The number of amides is 4. The smallest absolute Gasteiger partial charge is 0.347 e. The van der Waals surface area contributed by atoms with Gasteiger partial charge in [-0.2, -0.15) is 8.78 Å². The van der Waals surface area contributed by atoms with Crippen molar-refractivity contribution in [2.24, 2.45) is 0 Å². The van der Waals surface area contributed by atoms with Gasteiger partial charge in [-0.3, -0.25) is 19.2 Å². The van der Waals surface area contributed by atoms with Crippen LogP contribution < -0.4 is 38.2 Å². The van der Waals surface area contributed by atoms with E-state index in [9.17, 15) is 19.2 Å². The SMILES string of the molecule is [B]c1c([B])c(C(F)(F)C(=O)N([B])C([B])c2c([B])c([B])c3c(c2[B])C([B])([B])N(C2([B])C(=O)N([B])C(=O)C([B])([B])C2([B])[B])C3=O)c([B])c([B])c1Cl. The lowest BCUT2D eigenvalue weighted by Gasteiger charge is -2.65. The van der Waals surface area contributed by atoms with Crippen molar-refractivity contribution in [3.05, 3.63) is 27.3 Å². The molecule has 2 aliphatic rings. The third-order valence-electron chi connectivity index (χ3n) is 8.64. The van der Waals surface area contributed by atoms with E-state index in [2.05, 4.69) is 0 Å². The second-order valence-corrected chi connectivity index (χ2v) is 11.8. The lowest BCUT2D eigenvalue weighted by molar-refractivity contribution is -0.154. The normalized spacial score (nSPS) is 21.7. The Kier molecular flexibility index (Phi) is 9.62. The van der Waals surface area contributed by atoms with Crippen molar-refractivity contribution in [3.63, 3.8) is 0 Å². The monoisotopic (exact) mass is 631 g/mol. The minimum atomic E-state index is -4.70. The maximum Gasteiger partial charge on any atom is 0.347 e. The van der Waals surface area contributed by atoms with Crippen LogP contribution in [0.4, 0.5) is 8.78 Å². The summed E-state index contributed by atoms with van der Waals surface area (Å²) in [7, 11) is 101. The molecule has 1 fully saturated rings. The predicted octanol–water partition coefficient (Wildman–Crippen LogP) is -10.1.